The van der Waals surface area contributed by atoms with Gasteiger partial charge in [0.1, 0.15) is 11.6 Å². The van der Waals surface area contributed by atoms with Crippen LogP contribution in [0.2, 0.25) is 0 Å². The number of aliphatic hydroxyl groups is 1. The number of hydrogen-bond acceptors (Lipinski definition) is 4. The van der Waals surface area contributed by atoms with Gasteiger partial charge in [0.2, 0.25) is 0 Å². The summed E-state index contributed by atoms with van der Waals surface area (Å²) in [5.41, 5.74) is 6.18. The molecule has 0 unspecified atom stereocenters. The van der Waals surface area contributed by atoms with Crippen molar-refractivity contribution in [2.75, 3.05) is 11.4 Å². The van der Waals surface area contributed by atoms with E-state index in [0.29, 0.717) is 23.5 Å². The molecule has 2 aromatic rings. The summed E-state index contributed by atoms with van der Waals surface area (Å²) in [6.07, 6.45) is 5.67. The first-order valence-electron chi connectivity index (χ1n) is 7.71. The van der Waals surface area contributed by atoms with Crippen molar-refractivity contribution in [1.82, 2.24) is 9.97 Å². The third-order valence-electron chi connectivity index (χ3n) is 4.11. The minimum absolute atomic E-state index is 0.168. The number of rotatable bonds is 2. The zero-order valence-electron chi connectivity index (χ0n) is 13.6. The average Bonchev–Trinajstić information content (AvgIpc) is 2.52. The fourth-order valence-corrected chi connectivity index (χ4v) is 3.10. The van der Waals surface area contributed by atoms with Crippen LogP contribution in [0.3, 0.4) is 0 Å². The summed E-state index contributed by atoms with van der Waals surface area (Å²) >= 11 is 0. The van der Waals surface area contributed by atoms with Crippen LogP contribution in [-0.2, 0) is 12.0 Å². The highest BCUT2D eigenvalue weighted by Gasteiger charge is 2.27. The molecule has 126 valence electrons. The lowest BCUT2D eigenvalue weighted by Gasteiger charge is -2.27. The normalized spacial score (nSPS) is 14.4. The monoisotopic (exact) mass is 330 g/mol. The van der Waals surface area contributed by atoms with Crippen molar-refractivity contribution >= 4 is 11.8 Å². The van der Waals surface area contributed by atoms with Crippen LogP contribution in [0.5, 0.6) is 0 Å². The van der Waals surface area contributed by atoms with Gasteiger partial charge in [0, 0.05) is 35.6 Å². The standard InChI is InChI=1S/C17H19FN4O2/c1-17(2,24)14-12(8-20-9-13(14)18)11-6-10-4-3-5-22(16(19)23)15(10)21-7-11/h6-9,24H,3-5H2,1-2H3,(H2,19,23). The van der Waals surface area contributed by atoms with E-state index in [1.54, 1.807) is 6.20 Å². The third-order valence-corrected chi connectivity index (χ3v) is 4.11. The average molecular weight is 330 g/mol. The Labute approximate surface area is 139 Å². The summed E-state index contributed by atoms with van der Waals surface area (Å²) < 4.78 is 14.2. The molecule has 0 aromatic carbocycles. The largest absolute Gasteiger partial charge is 0.386 e. The summed E-state index contributed by atoms with van der Waals surface area (Å²) in [7, 11) is 0. The zero-order chi connectivity index (χ0) is 17.5. The molecular weight excluding hydrogens is 311 g/mol. The van der Waals surface area contributed by atoms with Crippen LogP contribution < -0.4 is 10.6 Å². The third kappa shape index (κ3) is 2.82. The van der Waals surface area contributed by atoms with Crippen molar-refractivity contribution in [3.05, 3.63) is 41.6 Å². The lowest BCUT2D eigenvalue weighted by molar-refractivity contribution is 0.0750. The molecule has 1 aliphatic heterocycles. The van der Waals surface area contributed by atoms with Crippen molar-refractivity contribution in [3.63, 3.8) is 0 Å². The molecule has 0 spiro atoms. The maximum atomic E-state index is 14.2. The Bertz CT molecular complexity index is 802. The lowest BCUT2D eigenvalue weighted by atomic mass is 9.90. The molecule has 3 rings (SSSR count). The number of anilines is 1. The minimum Gasteiger partial charge on any atom is -0.386 e. The van der Waals surface area contributed by atoms with Gasteiger partial charge in [0.15, 0.2) is 0 Å². The molecule has 0 bridgehead atoms. The van der Waals surface area contributed by atoms with Gasteiger partial charge in [0.05, 0.1) is 11.8 Å². The molecular formula is C17H19FN4O2. The van der Waals surface area contributed by atoms with Gasteiger partial charge in [-0.3, -0.25) is 9.88 Å². The number of primary amides is 1. The summed E-state index contributed by atoms with van der Waals surface area (Å²) in [6.45, 7) is 3.58. The highest BCUT2D eigenvalue weighted by Crippen LogP contribution is 2.35. The molecule has 0 fully saturated rings. The summed E-state index contributed by atoms with van der Waals surface area (Å²) in [5, 5.41) is 10.3. The highest BCUT2D eigenvalue weighted by molar-refractivity contribution is 5.91. The number of halogens is 1. The first-order valence-corrected chi connectivity index (χ1v) is 7.71. The smallest absolute Gasteiger partial charge is 0.320 e. The quantitative estimate of drug-likeness (QED) is 0.884. The Balaban J connectivity index is 2.13. The van der Waals surface area contributed by atoms with Crippen LogP contribution in [0.1, 0.15) is 31.4 Å². The van der Waals surface area contributed by atoms with Crippen LogP contribution in [-0.4, -0.2) is 27.7 Å². The first-order chi connectivity index (χ1) is 11.3. The molecule has 0 saturated carbocycles. The molecule has 1 aliphatic rings. The van der Waals surface area contributed by atoms with Gasteiger partial charge in [-0.25, -0.2) is 14.2 Å². The molecule has 2 amide bonds. The number of urea groups is 1. The van der Waals surface area contributed by atoms with E-state index in [0.717, 1.165) is 24.6 Å². The SMILES string of the molecule is CC(C)(O)c1c(F)cncc1-c1cnc2c(c1)CCCN2C(N)=O. The second kappa shape index (κ2) is 5.83. The second-order valence-corrected chi connectivity index (χ2v) is 6.40. The van der Waals surface area contributed by atoms with E-state index in [9.17, 15) is 14.3 Å². The van der Waals surface area contributed by atoms with Crippen molar-refractivity contribution in [1.29, 1.82) is 0 Å². The predicted octanol–water partition coefficient (Wildman–Crippen LogP) is 2.34. The van der Waals surface area contributed by atoms with E-state index in [-0.39, 0.29) is 5.56 Å². The van der Waals surface area contributed by atoms with Crippen molar-refractivity contribution in [2.24, 2.45) is 5.73 Å². The lowest BCUT2D eigenvalue weighted by Crippen LogP contribution is -2.40. The van der Waals surface area contributed by atoms with Gasteiger partial charge < -0.3 is 10.8 Å². The first kappa shape index (κ1) is 16.3. The van der Waals surface area contributed by atoms with E-state index in [1.807, 2.05) is 6.07 Å². The summed E-state index contributed by atoms with van der Waals surface area (Å²) in [5.74, 6) is -0.0387. The Hall–Kier alpha value is -2.54. The number of aryl methyl sites for hydroxylation is 1. The molecule has 0 aliphatic carbocycles. The van der Waals surface area contributed by atoms with Crippen molar-refractivity contribution in [3.8, 4) is 11.1 Å². The maximum absolute atomic E-state index is 14.2. The Morgan fingerprint density at radius 2 is 2.12 bits per heavy atom. The zero-order valence-corrected chi connectivity index (χ0v) is 13.6. The number of carbonyl (C=O) groups is 1. The van der Waals surface area contributed by atoms with E-state index in [1.165, 1.54) is 24.9 Å². The van der Waals surface area contributed by atoms with E-state index >= 15 is 0 Å². The van der Waals surface area contributed by atoms with Crippen LogP contribution in [0, 0.1) is 5.82 Å². The molecule has 2 aromatic heterocycles. The summed E-state index contributed by atoms with van der Waals surface area (Å²) in [6, 6.07) is 1.31. The molecule has 6 nitrogen and oxygen atoms in total. The molecule has 0 atom stereocenters. The highest BCUT2D eigenvalue weighted by atomic mass is 19.1. The molecule has 24 heavy (non-hydrogen) atoms. The number of aromatic nitrogens is 2. The summed E-state index contributed by atoms with van der Waals surface area (Å²) in [4.78, 5) is 21.2. The van der Waals surface area contributed by atoms with Crippen LogP contribution in [0.15, 0.2) is 24.7 Å². The Kier molecular flexibility index (Phi) is 3.96. The van der Waals surface area contributed by atoms with Crippen molar-refractivity contribution < 1.29 is 14.3 Å². The van der Waals surface area contributed by atoms with Gasteiger partial charge in [-0.2, -0.15) is 0 Å². The maximum Gasteiger partial charge on any atom is 0.320 e. The van der Waals surface area contributed by atoms with Crippen LogP contribution >= 0.6 is 0 Å². The number of amides is 2. The topological polar surface area (TPSA) is 92.3 Å². The number of nitrogens with two attached hydrogens (primary N) is 1. The van der Waals surface area contributed by atoms with Gasteiger partial charge in [-0.05, 0) is 38.3 Å². The fraction of sp³-hybridized carbons (Fsp3) is 0.353. The number of pyridine rings is 2. The van der Waals surface area contributed by atoms with Crippen LogP contribution in [0.4, 0.5) is 15.0 Å². The number of fused-ring (bicyclic) bond motifs is 1. The van der Waals surface area contributed by atoms with E-state index < -0.39 is 17.4 Å². The van der Waals surface area contributed by atoms with Gasteiger partial charge in [0.25, 0.3) is 0 Å². The molecule has 0 radical (unpaired) electrons. The predicted molar refractivity (Wildman–Crippen MR) is 87.9 cm³/mol. The van der Waals surface area contributed by atoms with E-state index in [2.05, 4.69) is 9.97 Å². The van der Waals surface area contributed by atoms with Gasteiger partial charge >= 0.3 is 6.03 Å². The Morgan fingerprint density at radius 1 is 1.38 bits per heavy atom. The second-order valence-electron chi connectivity index (χ2n) is 6.40. The van der Waals surface area contributed by atoms with Gasteiger partial charge in [-0.15, -0.1) is 0 Å². The minimum atomic E-state index is -1.36. The van der Waals surface area contributed by atoms with Gasteiger partial charge in [-0.1, -0.05) is 0 Å². The Morgan fingerprint density at radius 3 is 2.79 bits per heavy atom. The number of hydrogen-bond donors (Lipinski definition) is 2. The van der Waals surface area contributed by atoms with E-state index in [4.69, 9.17) is 5.73 Å². The van der Waals surface area contributed by atoms with Crippen molar-refractivity contribution in [2.45, 2.75) is 32.3 Å². The number of carbonyl (C=O) groups excluding carboxylic acids is 1. The fourth-order valence-electron chi connectivity index (χ4n) is 3.10. The molecule has 7 heteroatoms. The van der Waals surface area contributed by atoms with Crippen LogP contribution in [0.25, 0.3) is 11.1 Å². The molecule has 3 heterocycles. The number of nitrogens with zero attached hydrogens (tertiary/aromatic N) is 3. The molecule has 3 N–H and O–H groups in total. The molecule has 0 saturated heterocycles.